The van der Waals surface area contributed by atoms with Crippen LogP contribution in [-0.2, 0) is 0 Å². The van der Waals surface area contributed by atoms with Gasteiger partial charge in [-0.3, -0.25) is 0 Å². The molecule has 1 aromatic rings. The third-order valence-electron chi connectivity index (χ3n) is 3.64. The van der Waals surface area contributed by atoms with E-state index in [-0.39, 0.29) is 6.04 Å². The van der Waals surface area contributed by atoms with Gasteiger partial charge >= 0.3 is 0 Å². The van der Waals surface area contributed by atoms with Crippen molar-refractivity contribution < 1.29 is 4.74 Å². The molecule has 0 fully saturated rings. The number of hydrogen-bond acceptors (Lipinski definition) is 3. The third-order valence-corrected chi connectivity index (χ3v) is 3.64. The highest BCUT2D eigenvalue weighted by Gasteiger charge is 2.19. The van der Waals surface area contributed by atoms with E-state index < -0.39 is 0 Å². The highest BCUT2D eigenvalue weighted by Crippen LogP contribution is 2.29. The molecule has 0 bridgehead atoms. The molecule has 2 atom stereocenters. The van der Waals surface area contributed by atoms with Crippen LogP contribution in [0.2, 0.25) is 0 Å². The molecule has 18 heavy (non-hydrogen) atoms. The van der Waals surface area contributed by atoms with Crippen LogP contribution in [0.4, 0.5) is 0 Å². The monoisotopic (exact) mass is 250 g/mol. The van der Waals surface area contributed by atoms with Gasteiger partial charge in [-0.1, -0.05) is 19.4 Å². The number of aryl methyl sites for hydroxylation is 2. The average molecular weight is 250 g/mol. The van der Waals surface area contributed by atoms with E-state index >= 15 is 0 Å². The first-order valence-electron chi connectivity index (χ1n) is 6.60. The van der Waals surface area contributed by atoms with E-state index in [1.54, 1.807) is 7.11 Å². The molecule has 0 aromatic heterocycles. The number of hydrogen-bond donors (Lipinski definition) is 2. The van der Waals surface area contributed by atoms with Gasteiger partial charge in [0.25, 0.3) is 0 Å². The number of nitrogens with two attached hydrogens (primary N) is 1. The fourth-order valence-corrected chi connectivity index (χ4v) is 2.43. The molecule has 0 heterocycles. The summed E-state index contributed by atoms with van der Waals surface area (Å²) in [5.74, 6) is 1.40. The van der Waals surface area contributed by atoms with Gasteiger partial charge in [0.05, 0.1) is 7.11 Å². The van der Waals surface area contributed by atoms with Crippen LogP contribution in [-0.4, -0.2) is 20.7 Å². The zero-order valence-electron chi connectivity index (χ0n) is 12.2. The molecule has 0 spiro atoms. The molecular weight excluding hydrogens is 224 g/mol. The van der Waals surface area contributed by atoms with Gasteiger partial charge in [0.1, 0.15) is 5.75 Å². The maximum Gasteiger partial charge on any atom is 0.122 e. The normalized spacial score (nSPS) is 14.3. The number of ether oxygens (including phenoxy) is 1. The molecule has 1 rings (SSSR count). The van der Waals surface area contributed by atoms with Crippen LogP contribution in [0.3, 0.4) is 0 Å². The molecule has 0 saturated heterocycles. The zero-order chi connectivity index (χ0) is 13.7. The standard InChI is InChI=1S/C15H26N2O/c1-6-12(9-17-4)15(16)13-7-11(3)14(18-5)8-10(13)2/h7-8,12,15,17H,6,9,16H2,1-5H3. The van der Waals surface area contributed by atoms with Crippen LogP contribution >= 0.6 is 0 Å². The smallest absolute Gasteiger partial charge is 0.122 e. The molecule has 3 heteroatoms. The van der Waals surface area contributed by atoms with E-state index in [9.17, 15) is 0 Å². The fraction of sp³-hybridized carbons (Fsp3) is 0.600. The molecule has 0 saturated carbocycles. The molecule has 0 aliphatic heterocycles. The van der Waals surface area contributed by atoms with E-state index in [0.29, 0.717) is 5.92 Å². The second-order valence-electron chi connectivity index (χ2n) is 4.93. The SMILES string of the molecule is CCC(CNC)C(N)c1cc(C)c(OC)cc1C. The first kappa shape index (κ1) is 15.0. The number of methoxy groups -OCH3 is 1. The van der Waals surface area contributed by atoms with Crippen molar-refractivity contribution in [1.29, 1.82) is 0 Å². The van der Waals surface area contributed by atoms with E-state index in [0.717, 1.165) is 24.3 Å². The Balaban J connectivity index is 3.04. The summed E-state index contributed by atoms with van der Waals surface area (Å²) in [6, 6.07) is 4.32. The van der Waals surface area contributed by atoms with Gasteiger partial charge in [-0.05, 0) is 56.1 Å². The molecule has 2 unspecified atom stereocenters. The van der Waals surface area contributed by atoms with Gasteiger partial charge in [-0.15, -0.1) is 0 Å². The van der Waals surface area contributed by atoms with E-state index in [1.807, 2.05) is 7.05 Å². The minimum atomic E-state index is 0.0760. The lowest BCUT2D eigenvalue weighted by Gasteiger charge is -2.25. The number of benzene rings is 1. The summed E-state index contributed by atoms with van der Waals surface area (Å²) in [6.45, 7) is 7.30. The van der Waals surface area contributed by atoms with Crippen LogP contribution in [0, 0.1) is 19.8 Å². The summed E-state index contributed by atoms with van der Waals surface area (Å²) in [7, 11) is 3.68. The molecule has 3 nitrogen and oxygen atoms in total. The van der Waals surface area contributed by atoms with Crippen LogP contribution in [0.15, 0.2) is 12.1 Å². The largest absolute Gasteiger partial charge is 0.496 e. The lowest BCUT2D eigenvalue weighted by Crippen LogP contribution is -2.29. The molecule has 1 aromatic carbocycles. The average Bonchev–Trinajstić information content (AvgIpc) is 2.37. The topological polar surface area (TPSA) is 47.3 Å². The van der Waals surface area contributed by atoms with Crippen molar-refractivity contribution in [3.63, 3.8) is 0 Å². The Morgan fingerprint density at radius 2 is 1.94 bits per heavy atom. The Morgan fingerprint density at radius 3 is 2.44 bits per heavy atom. The predicted molar refractivity (Wildman–Crippen MR) is 77.1 cm³/mol. The Hall–Kier alpha value is -1.06. The molecule has 102 valence electrons. The molecule has 3 N–H and O–H groups in total. The molecule has 0 aliphatic carbocycles. The summed E-state index contributed by atoms with van der Waals surface area (Å²) < 4.78 is 5.34. The van der Waals surface area contributed by atoms with Crippen molar-refractivity contribution >= 4 is 0 Å². The van der Waals surface area contributed by atoms with Gasteiger partial charge in [0, 0.05) is 6.04 Å². The Bertz CT molecular complexity index is 390. The molecular formula is C15H26N2O. The second-order valence-corrected chi connectivity index (χ2v) is 4.93. The minimum absolute atomic E-state index is 0.0760. The van der Waals surface area contributed by atoms with Crippen LogP contribution in [0.25, 0.3) is 0 Å². The summed E-state index contributed by atoms with van der Waals surface area (Å²) in [5.41, 5.74) is 10.0. The number of rotatable bonds is 6. The summed E-state index contributed by atoms with van der Waals surface area (Å²) in [5, 5.41) is 3.22. The fourth-order valence-electron chi connectivity index (χ4n) is 2.43. The summed E-state index contributed by atoms with van der Waals surface area (Å²) >= 11 is 0. The van der Waals surface area contributed by atoms with Crippen LogP contribution in [0.5, 0.6) is 5.75 Å². The van der Waals surface area contributed by atoms with Gasteiger partial charge < -0.3 is 15.8 Å². The molecule has 0 radical (unpaired) electrons. The highest BCUT2D eigenvalue weighted by molar-refractivity contribution is 5.43. The second kappa shape index (κ2) is 6.76. The van der Waals surface area contributed by atoms with Gasteiger partial charge in [0.2, 0.25) is 0 Å². The molecule has 0 aliphatic rings. The van der Waals surface area contributed by atoms with Crippen LogP contribution in [0.1, 0.15) is 36.1 Å². The predicted octanol–water partition coefficient (Wildman–Crippen LogP) is 2.56. The Labute approximate surface area is 111 Å². The first-order valence-corrected chi connectivity index (χ1v) is 6.60. The Kier molecular flexibility index (Phi) is 5.63. The van der Waals surface area contributed by atoms with E-state index in [2.05, 4.69) is 38.2 Å². The maximum atomic E-state index is 6.42. The maximum absolute atomic E-state index is 6.42. The quantitative estimate of drug-likeness (QED) is 0.815. The Morgan fingerprint density at radius 1 is 1.28 bits per heavy atom. The van der Waals surface area contributed by atoms with Gasteiger partial charge in [0.15, 0.2) is 0 Å². The lowest BCUT2D eigenvalue weighted by molar-refractivity contribution is 0.397. The van der Waals surface area contributed by atoms with Gasteiger partial charge in [-0.2, -0.15) is 0 Å². The third kappa shape index (κ3) is 3.24. The summed E-state index contributed by atoms with van der Waals surface area (Å²) in [4.78, 5) is 0. The van der Waals surface area contributed by atoms with Crippen molar-refractivity contribution in [2.45, 2.75) is 33.2 Å². The van der Waals surface area contributed by atoms with E-state index in [4.69, 9.17) is 10.5 Å². The summed E-state index contributed by atoms with van der Waals surface area (Å²) in [6.07, 6.45) is 1.08. The van der Waals surface area contributed by atoms with Crippen molar-refractivity contribution in [2.24, 2.45) is 11.7 Å². The highest BCUT2D eigenvalue weighted by atomic mass is 16.5. The van der Waals surface area contributed by atoms with Crippen molar-refractivity contribution in [3.8, 4) is 5.75 Å². The van der Waals surface area contributed by atoms with Crippen molar-refractivity contribution in [2.75, 3.05) is 20.7 Å². The lowest BCUT2D eigenvalue weighted by atomic mass is 9.88. The first-order chi connectivity index (χ1) is 8.54. The molecule has 0 amide bonds. The van der Waals surface area contributed by atoms with Gasteiger partial charge in [-0.25, -0.2) is 0 Å². The van der Waals surface area contributed by atoms with E-state index in [1.165, 1.54) is 11.1 Å². The zero-order valence-corrected chi connectivity index (χ0v) is 12.2. The van der Waals surface area contributed by atoms with Crippen molar-refractivity contribution in [3.05, 3.63) is 28.8 Å². The van der Waals surface area contributed by atoms with Crippen LogP contribution < -0.4 is 15.8 Å². The van der Waals surface area contributed by atoms with Crippen molar-refractivity contribution in [1.82, 2.24) is 5.32 Å². The minimum Gasteiger partial charge on any atom is -0.496 e. The number of nitrogens with one attached hydrogen (secondary N) is 1.